The fourth-order valence-corrected chi connectivity index (χ4v) is 5.85. The highest BCUT2D eigenvalue weighted by molar-refractivity contribution is 5.76. The average Bonchev–Trinajstić information content (AvgIpc) is 3.41. The van der Waals surface area contributed by atoms with E-state index in [0.717, 1.165) is 17.7 Å². The Morgan fingerprint density at radius 3 is 2.31 bits per heavy atom. The first kappa shape index (κ1) is 22.5. The van der Waals surface area contributed by atoms with Gasteiger partial charge in [-0.05, 0) is 65.8 Å². The van der Waals surface area contributed by atoms with E-state index in [0.29, 0.717) is 55.5 Å². The molecule has 2 bridgehead atoms. The molecule has 0 spiro atoms. The average molecular weight is 480 g/mol. The van der Waals surface area contributed by atoms with E-state index in [1.807, 2.05) is 31.2 Å². The molecular weight excluding hydrogens is 450 g/mol. The molecule has 0 fully saturated rings. The van der Waals surface area contributed by atoms with Crippen LogP contribution in [0.2, 0.25) is 0 Å². The zero-order valence-corrected chi connectivity index (χ0v) is 20.3. The zero-order valence-electron chi connectivity index (χ0n) is 20.3. The van der Waals surface area contributed by atoms with Gasteiger partial charge in [-0.3, -0.25) is 4.79 Å². The lowest BCUT2D eigenvalue weighted by atomic mass is 9.59. The molecule has 1 aromatic heterocycles. The van der Waals surface area contributed by atoms with Crippen LogP contribution in [0.4, 0.5) is 0 Å². The summed E-state index contributed by atoms with van der Waals surface area (Å²) in [5.74, 6) is 2.92. The molecular formula is C30H29N3O3. The minimum Gasteiger partial charge on any atom is -0.494 e. The van der Waals surface area contributed by atoms with Crippen LogP contribution in [0.25, 0.3) is 11.4 Å². The van der Waals surface area contributed by atoms with Crippen LogP contribution in [-0.4, -0.2) is 29.2 Å². The number of benzene rings is 3. The fourth-order valence-electron chi connectivity index (χ4n) is 5.85. The van der Waals surface area contributed by atoms with Gasteiger partial charge in [-0.15, -0.1) is 0 Å². The quantitative estimate of drug-likeness (QED) is 0.362. The van der Waals surface area contributed by atoms with Gasteiger partial charge in [0, 0.05) is 36.8 Å². The van der Waals surface area contributed by atoms with E-state index in [4.69, 9.17) is 9.26 Å². The predicted octanol–water partition coefficient (Wildman–Crippen LogP) is 5.48. The van der Waals surface area contributed by atoms with Gasteiger partial charge >= 0.3 is 0 Å². The molecule has 3 aromatic carbocycles. The standard InChI is InChI=1S/C30H29N3O3/c1-2-35-21-13-11-19(12-14-21)30-32-28(36-33-30)16-15-27(34)31-18-20-17-26-22-7-3-5-9-24(22)29(20)25-10-6-4-8-23(25)26/h3-14,20,26,29H,2,15-18H2,1H3,(H,31,34). The van der Waals surface area contributed by atoms with Gasteiger partial charge in [0.05, 0.1) is 6.61 Å². The van der Waals surface area contributed by atoms with Crippen molar-refractivity contribution in [1.82, 2.24) is 15.5 Å². The first-order chi connectivity index (χ1) is 17.7. The predicted molar refractivity (Wildman–Crippen MR) is 137 cm³/mol. The molecule has 0 saturated carbocycles. The summed E-state index contributed by atoms with van der Waals surface area (Å²) in [5.41, 5.74) is 6.58. The minimum absolute atomic E-state index is 0.0128. The summed E-state index contributed by atoms with van der Waals surface area (Å²) in [6.07, 6.45) is 1.80. The van der Waals surface area contributed by atoms with Crippen molar-refractivity contribution in [2.75, 3.05) is 13.2 Å². The van der Waals surface area contributed by atoms with Crippen molar-refractivity contribution in [1.29, 1.82) is 0 Å². The van der Waals surface area contributed by atoms with Crippen LogP contribution in [0.15, 0.2) is 77.3 Å². The zero-order chi connectivity index (χ0) is 24.5. The number of hydrogen-bond donors (Lipinski definition) is 1. The Labute approximate surface area is 210 Å². The number of amides is 1. The van der Waals surface area contributed by atoms with Gasteiger partial charge < -0.3 is 14.6 Å². The number of aryl methyl sites for hydroxylation is 1. The van der Waals surface area contributed by atoms with Crippen LogP contribution in [0, 0.1) is 5.92 Å². The molecule has 3 aliphatic carbocycles. The Balaban J connectivity index is 1.07. The lowest BCUT2D eigenvalue weighted by molar-refractivity contribution is -0.121. The number of hydrogen-bond acceptors (Lipinski definition) is 5. The van der Waals surface area contributed by atoms with E-state index in [9.17, 15) is 4.79 Å². The number of ether oxygens (including phenoxy) is 1. The second-order valence-corrected chi connectivity index (χ2v) is 9.56. The second kappa shape index (κ2) is 9.61. The van der Waals surface area contributed by atoms with Gasteiger partial charge in [0.25, 0.3) is 0 Å². The van der Waals surface area contributed by atoms with Crippen LogP contribution in [0.5, 0.6) is 5.75 Å². The Morgan fingerprint density at radius 2 is 1.64 bits per heavy atom. The molecule has 1 N–H and O–H groups in total. The van der Waals surface area contributed by atoms with E-state index < -0.39 is 0 Å². The van der Waals surface area contributed by atoms with Crippen molar-refractivity contribution >= 4 is 5.91 Å². The Kier molecular flexibility index (Phi) is 6.01. The smallest absolute Gasteiger partial charge is 0.227 e. The number of rotatable bonds is 8. The number of carbonyl (C=O) groups is 1. The third-order valence-corrected chi connectivity index (χ3v) is 7.44. The number of nitrogens with zero attached hydrogens (tertiary/aromatic N) is 2. The first-order valence-corrected chi connectivity index (χ1v) is 12.7. The summed E-state index contributed by atoms with van der Waals surface area (Å²) in [6, 6.07) is 25.2. The van der Waals surface area contributed by atoms with Gasteiger partial charge in [-0.25, -0.2) is 0 Å². The van der Waals surface area contributed by atoms with Gasteiger partial charge in [-0.1, -0.05) is 53.7 Å². The summed E-state index contributed by atoms with van der Waals surface area (Å²) < 4.78 is 10.9. The van der Waals surface area contributed by atoms with Crippen LogP contribution < -0.4 is 10.1 Å². The molecule has 0 saturated heterocycles. The van der Waals surface area contributed by atoms with Crippen molar-refractivity contribution < 1.29 is 14.1 Å². The molecule has 7 rings (SSSR count). The lowest BCUT2D eigenvalue weighted by Gasteiger charge is -2.45. The summed E-state index contributed by atoms with van der Waals surface area (Å²) in [6.45, 7) is 3.24. The van der Waals surface area contributed by atoms with Crippen molar-refractivity contribution in [3.63, 3.8) is 0 Å². The highest BCUT2D eigenvalue weighted by atomic mass is 16.5. The van der Waals surface area contributed by atoms with E-state index in [-0.39, 0.29) is 5.91 Å². The molecule has 3 aliphatic rings. The maximum absolute atomic E-state index is 12.7. The molecule has 1 atom stereocenters. The third-order valence-electron chi connectivity index (χ3n) is 7.44. The molecule has 4 aromatic rings. The van der Waals surface area contributed by atoms with E-state index >= 15 is 0 Å². The normalized spacial score (nSPS) is 19.4. The van der Waals surface area contributed by atoms with Crippen molar-refractivity contribution in [3.8, 4) is 17.1 Å². The Hall–Kier alpha value is -3.93. The summed E-state index contributed by atoms with van der Waals surface area (Å²) in [7, 11) is 0. The maximum atomic E-state index is 12.7. The fraction of sp³-hybridized carbons (Fsp3) is 0.300. The largest absolute Gasteiger partial charge is 0.494 e. The molecule has 1 unspecified atom stereocenters. The number of fused-ring (bicyclic) bond motifs is 1. The monoisotopic (exact) mass is 479 g/mol. The Bertz CT molecular complexity index is 1330. The van der Waals surface area contributed by atoms with Crippen LogP contribution in [-0.2, 0) is 11.2 Å². The van der Waals surface area contributed by atoms with Crippen molar-refractivity contribution in [2.45, 2.75) is 38.0 Å². The highest BCUT2D eigenvalue weighted by Gasteiger charge is 2.42. The topological polar surface area (TPSA) is 77.2 Å². The number of aromatic nitrogens is 2. The number of carbonyl (C=O) groups excluding carboxylic acids is 1. The van der Waals surface area contributed by atoms with Crippen LogP contribution in [0.3, 0.4) is 0 Å². The molecule has 1 heterocycles. The molecule has 6 nitrogen and oxygen atoms in total. The summed E-state index contributed by atoms with van der Waals surface area (Å²) >= 11 is 0. The van der Waals surface area contributed by atoms with Gasteiger partial charge in [0.1, 0.15) is 5.75 Å². The third kappa shape index (κ3) is 4.17. The molecule has 182 valence electrons. The van der Waals surface area contributed by atoms with Crippen molar-refractivity contribution in [3.05, 3.63) is 101 Å². The van der Waals surface area contributed by atoms with Gasteiger partial charge in [0.2, 0.25) is 17.6 Å². The molecule has 6 heteroatoms. The van der Waals surface area contributed by atoms with Crippen molar-refractivity contribution in [2.24, 2.45) is 5.92 Å². The number of nitrogens with one attached hydrogen (secondary N) is 1. The van der Waals surface area contributed by atoms with Crippen LogP contribution >= 0.6 is 0 Å². The molecule has 0 radical (unpaired) electrons. The highest BCUT2D eigenvalue weighted by Crippen LogP contribution is 2.55. The Morgan fingerprint density at radius 1 is 0.972 bits per heavy atom. The van der Waals surface area contributed by atoms with E-state index in [1.54, 1.807) is 0 Å². The first-order valence-electron chi connectivity index (χ1n) is 12.7. The minimum atomic E-state index is 0.0128. The molecule has 0 aliphatic heterocycles. The van der Waals surface area contributed by atoms with E-state index in [1.165, 1.54) is 22.3 Å². The van der Waals surface area contributed by atoms with Gasteiger partial charge in [0.15, 0.2) is 0 Å². The van der Waals surface area contributed by atoms with Gasteiger partial charge in [-0.2, -0.15) is 4.98 Å². The SMILES string of the molecule is CCOc1ccc(-c2noc(CCC(=O)NCC3CC4c5ccccc5C3c3ccccc34)n2)cc1. The maximum Gasteiger partial charge on any atom is 0.227 e. The second-order valence-electron chi connectivity index (χ2n) is 9.56. The molecule has 36 heavy (non-hydrogen) atoms. The lowest BCUT2D eigenvalue weighted by Crippen LogP contribution is -2.39. The van der Waals surface area contributed by atoms with E-state index in [2.05, 4.69) is 64.0 Å². The summed E-state index contributed by atoms with van der Waals surface area (Å²) in [5, 5.41) is 7.25. The van der Waals surface area contributed by atoms with Crippen LogP contribution in [0.1, 0.15) is 59.7 Å². The summed E-state index contributed by atoms with van der Waals surface area (Å²) in [4.78, 5) is 17.2. The molecule has 1 amide bonds.